The van der Waals surface area contributed by atoms with Crippen molar-refractivity contribution >= 4 is 5.96 Å². The predicted molar refractivity (Wildman–Crippen MR) is 110 cm³/mol. The van der Waals surface area contributed by atoms with Crippen LogP contribution in [-0.2, 0) is 4.74 Å². The zero-order valence-electron chi connectivity index (χ0n) is 17.5. The lowest BCUT2D eigenvalue weighted by Crippen LogP contribution is -2.50. The third kappa shape index (κ3) is 8.23. The number of ether oxygens (including phenoxy) is 1. The number of nitrogens with zero attached hydrogens (tertiary/aromatic N) is 3. The van der Waals surface area contributed by atoms with Crippen molar-refractivity contribution in [3.8, 4) is 0 Å². The molecule has 6 nitrogen and oxygen atoms in total. The average Bonchev–Trinajstić information content (AvgIpc) is 2.62. The zero-order chi connectivity index (χ0) is 18.8. The van der Waals surface area contributed by atoms with Gasteiger partial charge < -0.3 is 20.3 Å². The largest absolute Gasteiger partial charge is 0.374 e. The molecule has 0 aromatic heterocycles. The Hall–Kier alpha value is -0.850. The number of likely N-dealkylation sites (tertiary alicyclic amines) is 1. The van der Waals surface area contributed by atoms with Gasteiger partial charge in [0.15, 0.2) is 5.96 Å². The zero-order valence-corrected chi connectivity index (χ0v) is 17.5. The molecule has 152 valence electrons. The van der Waals surface area contributed by atoms with Crippen molar-refractivity contribution in [3.05, 3.63) is 0 Å². The third-order valence-electron chi connectivity index (χ3n) is 5.20. The molecule has 0 radical (unpaired) electrons. The van der Waals surface area contributed by atoms with Crippen LogP contribution in [0.2, 0.25) is 0 Å². The first-order chi connectivity index (χ1) is 12.6. The highest BCUT2D eigenvalue weighted by Gasteiger charge is 2.21. The number of morpholine rings is 1. The second-order valence-corrected chi connectivity index (χ2v) is 8.45. The molecule has 2 saturated heterocycles. The van der Waals surface area contributed by atoms with Crippen LogP contribution in [0.3, 0.4) is 0 Å². The molecule has 0 aromatic rings. The molecule has 2 aliphatic heterocycles. The van der Waals surface area contributed by atoms with Crippen LogP contribution >= 0.6 is 0 Å². The van der Waals surface area contributed by atoms with E-state index < -0.39 is 0 Å². The summed E-state index contributed by atoms with van der Waals surface area (Å²) in [7, 11) is 1.84. The highest BCUT2D eigenvalue weighted by Crippen LogP contribution is 2.10. The Bertz CT molecular complexity index is 409. The summed E-state index contributed by atoms with van der Waals surface area (Å²) >= 11 is 0. The Morgan fingerprint density at radius 2 is 1.81 bits per heavy atom. The van der Waals surface area contributed by atoms with Gasteiger partial charge >= 0.3 is 0 Å². The Kier molecular flexibility index (Phi) is 9.72. The monoisotopic (exact) mass is 367 g/mol. The number of guanidine groups is 1. The summed E-state index contributed by atoms with van der Waals surface area (Å²) in [5.74, 6) is 2.22. The van der Waals surface area contributed by atoms with Crippen LogP contribution in [0.15, 0.2) is 4.99 Å². The van der Waals surface area contributed by atoms with E-state index in [9.17, 15) is 0 Å². The van der Waals surface area contributed by atoms with Crippen molar-refractivity contribution in [1.82, 2.24) is 20.4 Å². The summed E-state index contributed by atoms with van der Waals surface area (Å²) in [6, 6.07) is 0. The van der Waals surface area contributed by atoms with Gasteiger partial charge in [0.1, 0.15) is 0 Å². The summed E-state index contributed by atoms with van der Waals surface area (Å²) in [4.78, 5) is 9.48. The Morgan fingerprint density at radius 1 is 1.04 bits per heavy atom. The van der Waals surface area contributed by atoms with Crippen LogP contribution in [-0.4, -0.2) is 87.9 Å². The molecule has 2 atom stereocenters. The summed E-state index contributed by atoms with van der Waals surface area (Å²) in [6.07, 6.45) is 4.36. The topological polar surface area (TPSA) is 52.1 Å². The molecule has 0 saturated carbocycles. The molecule has 0 spiro atoms. The number of rotatable bonds is 8. The van der Waals surface area contributed by atoms with E-state index in [1.54, 1.807) is 0 Å². The molecular formula is C20H41N5O. The molecule has 2 rings (SSSR count). The SMILES string of the molecule is CN=C(NCC(C)CN1CCCCC1)NCC1CN(CC(C)C)CCO1. The van der Waals surface area contributed by atoms with Crippen LogP contribution in [0.25, 0.3) is 0 Å². The van der Waals surface area contributed by atoms with Crippen molar-refractivity contribution in [2.75, 3.05) is 66.0 Å². The summed E-state index contributed by atoms with van der Waals surface area (Å²) in [6.45, 7) is 16.4. The van der Waals surface area contributed by atoms with Gasteiger partial charge in [0.2, 0.25) is 0 Å². The van der Waals surface area contributed by atoms with Crippen LogP contribution in [0.4, 0.5) is 0 Å². The minimum atomic E-state index is 0.242. The van der Waals surface area contributed by atoms with Gasteiger partial charge in [0.25, 0.3) is 0 Å². The predicted octanol–water partition coefficient (Wildman–Crippen LogP) is 1.63. The highest BCUT2D eigenvalue weighted by atomic mass is 16.5. The molecule has 2 N–H and O–H groups in total. The van der Waals surface area contributed by atoms with E-state index in [2.05, 4.69) is 46.2 Å². The number of aliphatic imine (C=N–C) groups is 1. The molecule has 2 aliphatic rings. The molecule has 2 unspecified atom stereocenters. The first-order valence-electron chi connectivity index (χ1n) is 10.6. The average molecular weight is 368 g/mol. The maximum Gasteiger partial charge on any atom is 0.191 e. The number of nitrogens with one attached hydrogen (secondary N) is 2. The maximum absolute atomic E-state index is 5.92. The summed E-state index contributed by atoms with van der Waals surface area (Å²) < 4.78 is 5.92. The van der Waals surface area contributed by atoms with Crippen molar-refractivity contribution in [3.63, 3.8) is 0 Å². The van der Waals surface area contributed by atoms with Crippen LogP contribution in [0.1, 0.15) is 40.0 Å². The van der Waals surface area contributed by atoms with Crippen molar-refractivity contribution in [2.24, 2.45) is 16.8 Å². The van der Waals surface area contributed by atoms with Crippen LogP contribution in [0.5, 0.6) is 0 Å². The third-order valence-corrected chi connectivity index (χ3v) is 5.20. The van der Waals surface area contributed by atoms with Crippen LogP contribution < -0.4 is 10.6 Å². The van der Waals surface area contributed by atoms with E-state index in [1.807, 2.05) is 7.05 Å². The second kappa shape index (κ2) is 11.8. The van der Waals surface area contributed by atoms with Gasteiger partial charge in [-0.3, -0.25) is 9.89 Å². The van der Waals surface area contributed by atoms with E-state index in [0.29, 0.717) is 11.8 Å². The van der Waals surface area contributed by atoms with E-state index in [1.165, 1.54) is 38.9 Å². The first-order valence-corrected chi connectivity index (χ1v) is 10.6. The molecule has 0 amide bonds. The number of hydrogen-bond acceptors (Lipinski definition) is 4. The Labute approximate surface area is 160 Å². The lowest BCUT2D eigenvalue weighted by Gasteiger charge is -2.34. The van der Waals surface area contributed by atoms with E-state index in [4.69, 9.17) is 4.74 Å². The minimum absolute atomic E-state index is 0.242. The number of hydrogen-bond donors (Lipinski definition) is 2. The van der Waals surface area contributed by atoms with Crippen molar-refractivity contribution in [2.45, 2.75) is 46.1 Å². The van der Waals surface area contributed by atoms with Gasteiger partial charge in [0.05, 0.1) is 12.7 Å². The second-order valence-electron chi connectivity index (χ2n) is 8.45. The fourth-order valence-corrected chi connectivity index (χ4v) is 3.94. The highest BCUT2D eigenvalue weighted by molar-refractivity contribution is 5.79. The lowest BCUT2D eigenvalue weighted by molar-refractivity contribution is -0.0284. The number of piperidine rings is 1. The molecular weight excluding hydrogens is 326 g/mol. The molecule has 6 heteroatoms. The molecule has 2 heterocycles. The van der Waals surface area contributed by atoms with Crippen molar-refractivity contribution < 1.29 is 4.74 Å². The molecule has 2 fully saturated rings. The van der Waals surface area contributed by atoms with Gasteiger partial charge in [0, 0.05) is 46.3 Å². The molecule has 0 aliphatic carbocycles. The molecule has 26 heavy (non-hydrogen) atoms. The minimum Gasteiger partial charge on any atom is -0.374 e. The van der Waals surface area contributed by atoms with Crippen LogP contribution in [0, 0.1) is 11.8 Å². The standard InChI is InChI=1S/C20H41N5O/c1-17(2)14-25-10-11-26-19(16-25)13-23-20(21-4)22-12-18(3)15-24-8-6-5-7-9-24/h17-19H,5-16H2,1-4H3,(H2,21,22,23). The van der Waals surface area contributed by atoms with Gasteiger partial charge in [-0.2, -0.15) is 0 Å². The summed E-state index contributed by atoms with van der Waals surface area (Å²) in [5.41, 5.74) is 0. The molecule has 0 aromatic carbocycles. The Morgan fingerprint density at radius 3 is 2.50 bits per heavy atom. The fraction of sp³-hybridized carbons (Fsp3) is 0.950. The summed E-state index contributed by atoms with van der Waals surface area (Å²) in [5, 5.41) is 6.93. The van der Waals surface area contributed by atoms with E-state index >= 15 is 0 Å². The van der Waals surface area contributed by atoms with Gasteiger partial charge in [-0.1, -0.05) is 27.2 Å². The normalized spacial score (nSPS) is 24.7. The van der Waals surface area contributed by atoms with Gasteiger partial charge in [-0.15, -0.1) is 0 Å². The quantitative estimate of drug-likeness (QED) is 0.504. The van der Waals surface area contributed by atoms with E-state index in [-0.39, 0.29) is 6.10 Å². The van der Waals surface area contributed by atoms with Gasteiger partial charge in [-0.05, 0) is 37.8 Å². The first kappa shape index (κ1) is 21.5. The van der Waals surface area contributed by atoms with Crippen molar-refractivity contribution in [1.29, 1.82) is 0 Å². The van der Waals surface area contributed by atoms with E-state index in [0.717, 1.165) is 45.3 Å². The smallest absolute Gasteiger partial charge is 0.191 e. The Balaban J connectivity index is 1.63. The molecule has 0 bridgehead atoms. The maximum atomic E-state index is 5.92. The lowest BCUT2D eigenvalue weighted by atomic mass is 10.1. The fourth-order valence-electron chi connectivity index (χ4n) is 3.94. The van der Waals surface area contributed by atoms with Gasteiger partial charge in [-0.25, -0.2) is 0 Å².